The zero-order valence-corrected chi connectivity index (χ0v) is 16.2. The summed E-state index contributed by atoms with van der Waals surface area (Å²) in [6.07, 6.45) is 2.27. The van der Waals surface area contributed by atoms with Crippen LogP contribution in [0.5, 0.6) is 0 Å². The van der Waals surface area contributed by atoms with Crippen LogP contribution in [0.2, 0.25) is 0 Å². The van der Waals surface area contributed by atoms with Crippen molar-refractivity contribution < 1.29 is 18.0 Å². The Labute approximate surface area is 167 Å². The highest BCUT2D eigenvalue weighted by atomic mass is 19.2. The molecule has 0 N–H and O–H groups in total. The number of hydrogen-bond donors (Lipinski definition) is 0. The number of aromatic nitrogens is 2. The molecule has 1 aromatic heterocycles. The average Bonchev–Trinajstić information content (AvgIpc) is 3.26. The standard InChI is InChI=1S/C20H22F3N5O/c1-13-12-16(25-20(24-13)28-6-2-3-7-28)26-8-10-27(11-9-26)19(29)14-4-5-15(21)18(23)17(14)22/h4-5,12H,2-3,6-11H2,1H3. The van der Waals surface area contributed by atoms with Gasteiger partial charge in [-0.3, -0.25) is 4.79 Å². The average molecular weight is 405 g/mol. The summed E-state index contributed by atoms with van der Waals surface area (Å²) in [6, 6.07) is 3.66. The maximum atomic E-state index is 14.0. The smallest absolute Gasteiger partial charge is 0.257 e. The van der Waals surface area contributed by atoms with Crippen molar-refractivity contribution in [2.45, 2.75) is 19.8 Å². The van der Waals surface area contributed by atoms with E-state index in [1.54, 1.807) is 0 Å². The molecule has 0 saturated carbocycles. The molecule has 0 aliphatic carbocycles. The molecule has 2 saturated heterocycles. The van der Waals surface area contributed by atoms with Gasteiger partial charge in [-0.1, -0.05) is 0 Å². The molecule has 2 aliphatic rings. The van der Waals surface area contributed by atoms with E-state index in [9.17, 15) is 18.0 Å². The molecule has 0 atom stereocenters. The Morgan fingerprint density at radius 1 is 0.897 bits per heavy atom. The maximum Gasteiger partial charge on any atom is 0.257 e. The summed E-state index contributed by atoms with van der Waals surface area (Å²) in [5.41, 5.74) is 0.422. The molecule has 29 heavy (non-hydrogen) atoms. The highest BCUT2D eigenvalue weighted by Gasteiger charge is 2.27. The predicted molar refractivity (Wildman–Crippen MR) is 103 cm³/mol. The van der Waals surface area contributed by atoms with Crippen LogP contribution >= 0.6 is 0 Å². The molecule has 0 radical (unpaired) electrons. The van der Waals surface area contributed by atoms with Crippen LogP contribution in [0.4, 0.5) is 24.9 Å². The minimum Gasteiger partial charge on any atom is -0.353 e. The van der Waals surface area contributed by atoms with Crippen LogP contribution in [0.1, 0.15) is 28.9 Å². The van der Waals surface area contributed by atoms with Crippen LogP contribution in [0.15, 0.2) is 18.2 Å². The summed E-state index contributed by atoms with van der Waals surface area (Å²) in [4.78, 5) is 27.4. The molecule has 3 heterocycles. The van der Waals surface area contributed by atoms with Crippen molar-refractivity contribution >= 4 is 17.7 Å². The molecule has 0 unspecified atom stereocenters. The van der Waals surface area contributed by atoms with Gasteiger partial charge in [0.25, 0.3) is 5.91 Å². The monoisotopic (exact) mass is 405 g/mol. The number of benzene rings is 1. The number of nitrogens with zero attached hydrogens (tertiary/aromatic N) is 5. The van der Waals surface area contributed by atoms with Crippen LogP contribution in [0, 0.1) is 24.4 Å². The fourth-order valence-electron chi connectivity index (χ4n) is 3.76. The van der Waals surface area contributed by atoms with E-state index in [-0.39, 0.29) is 0 Å². The molecular weight excluding hydrogens is 383 g/mol. The fraction of sp³-hybridized carbons (Fsp3) is 0.450. The lowest BCUT2D eigenvalue weighted by atomic mass is 10.1. The molecular formula is C20H22F3N5O. The van der Waals surface area contributed by atoms with E-state index in [1.165, 1.54) is 4.90 Å². The molecule has 0 bridgehead atoms. The number of hydrogen-bond acceptors (Lipinski definition) is 5. The second-order valence-corrected chi connectivity index (χ2v) is 7.36. The van der Waals surface area contributed by atoms with Gasteiger partial charge in [-0.15, -0.1) is 0 Å². The van der Waals surface area contributed by atoms with Gasteiger partial charge in [0.15, 0.2) is 17.5 Å². The number of amides is 1. The first kappa shape index (κ1) is 19.5. The zero-order valence-electron chi connectivity index (χ0n) is 16.2. The summed E-state index contributed by atoms with van der Waals surface area (Å²) in [6.45, 7) is 5.50. The molecule has 0 spiro atoms. The highest BCUT2D eigenvalue weighted by molar-refractivity contribution is 5.94. The van der Waals surface area contributed by atoms with Crippen molar-refractivity contribution in [2.75, 3.05) is 49.1 Å². The summed E-state index contributed by atoms with van der Waals surface area (Å²) in [5, 5.41) is 0. The first-order valence-electron chi connectivity index (χ1n) is 9.72. The lowest BCUT2D eigenvalue weighted by Gasteiger charge is -2.35. The van der Waals surface area contributed by atoms with Gasteiger partial charge >= 0.3 is 0 Å². The molecule has 2 fully saturated rings. The van der Waals surface area contributed by atoms with Crippen molar-refractivity contribution in [3.8, 4) is 0 Å². The lowest BCUT2D eigenvalue weighted by molar-refractivity contribution is 0.0740. The van der Waals surface area contributed by atoms with Crippen molar-refractivity contribution in [2.24, 2.45) is 0 Å². The zero-order chi connectivity index (χ0) is 20.5. The molecule has 6 nitrogen and oxygen atoms in total. The Hall–Kier alpha value is -2.84. The summed E-state index contributed by atoms with van der Waals surface area (Å²) in [7, 11) is 0. The SMILES string of the molecule is Cc1cc(N2CCN(C(=O)c3ccc(F)c(F)c3F)CC2)nc(N2CCCC2)n1. The minimum absolute atomic E-state index is 0.333. The second kappa shape index (κ2) is 7.88. The third-order valence-corrected chi connectivity index (χ3v) is 5.37. The van der Waals surface area contributed by atoms with Crippen LogP contribution in [-0.2, 0) is 0 Å². The maximum absolute atomic E-state index is 14.0. The van der Waals surface area contributed by atoms with Crippen molar-refractivity contribution in [3.63, 3.8) is 0 Å². The summed E-state index contributed by atoms with van der Waals surface area (Å²) >= 11 is 0. The van der Waals surface area contributed by atoms with E-state index in [4.69, 9.17) is 0 Å². The van der Waals surface area contributed by atoms with E-state index in [2.05, 4.69) is 19.8 Å². The van der Waals surface area contributed by atoms with Gasteiger partial charge in [-0.25, -0.2) is 18.2 Å². The number of halogens is 3. The largest absolute Gasteiger partial charge is 0.353 e. The van der Waals surface area contributed by atoms with Crippen LogP contribution in [0.25, 0.3) is 0 Å². The molecule has 2 aromatic rings. The quantitative estimate of drug-likeness (QED) is 0.735. The van der Waals surface area contributed by atoms with Crippen molar-refractivity contribution in [3.05, 3.63) is 46.9 Å². The van der Waals surface area contributed by atoms with E-state index in [0.29, 0.717) is 26.2 Å². The van der Waals surface area contributed by atoms with E-state index in [0.717, 1.165) is 55.5 Å². The van der Waals surface area contributed by atoms with Crippen LogP contribution in [0.3, 0.4) is 0 Å². The Balaban J connectivity index is 1.46. The Bertz CT molecular complexity index is 925. The van der Waals surface area contributed by atoms with Crippen LogP contribution in [-0.4, -0.2) is 60.0 Å². The Morgan fingerprint density at radius 2 is 1.59 bits per heavy atom. The number of piperazine rings is 1. The van der Waals surface area contributed by atoms with Gasteiger partial charge in [0.1, 0.15) is 5.82 Å². The molecule has 2 aliphatic heterocycles. The predicted octanol–water partition coefficient (Wildman–Crippen LogP) is 2.76. The number of rotatable bonds is 3. The van der Waals surface area contributed by atoms with Gasteiger partial charge in [0.2, 0.25) is 5.95 Å². The topological polar surface area (TPSA) is 52.6 Å². The lowest BCUT2D eigenvalue weighted by Crippen LogP contribution is -2.49. The van der Waals surface area contributed by atoms with Crippen molar-refractivity contribution in [1.29, 1.82) is 0 Å². The van der Waals surface area contributed by atoms with Gasteiger partial charge in [-0.2, -0.15) is 4.98 Å². The Morgan fingerprint density at radius 3 is 2.28 bits per heavy atom. The molecule has 1 amide bonds. The number of anilines is 2. The molecule has 154 valence electrons. The van der Waals surface area contributed by atoms with Gasteiger partial charge in [-0.05, 0) is 31.9 Å². The number of carbonyl (C=O) groups excluding carboxylic acids is 1. The van der Waals surface area contributed by atoms with Crippen LogP contribution < -0.4 is 9.80 Å². The minimum atomic E-state index is -1.62. The molecule has 9 heteroatoms. The van der Waals surface area contributed by atoms with Gasteiger partial charge in [0, 0.05) is 51.0 Å². The third kappa shape index (κ3) is 3.86. The van der Waals surface area contributed by atoms with E-state index >= 15 is 0 Å². The normalized spacial score (nSPS) is 17.2. The molecule has 1 aromatic carbocycles. The summed E-state index contributed by atoms with van der Waals surface area (Å²) < 4.78 is 40.5. The van der Waals surface area contributed by atoms with E-state index in [1.807, 2.05) is 13.0 Å². The van der Waals surface area contributed by atoms with Crippen molar-refractivity contribution in [1.82, 2.24) is 14.9 Å². The number of carbonyl (C=O) groups is 1. The first-order valence-corrected chi connectivity index (χ1v) is 9.72. The summed E-state index contributed by atoms with van der Waals surface area (Å²) in [5.74, 6) is -3.50. The highest BCUT2D eigenvalue weighted by Crippen LogP contribution is 2.23. The van der Waals surface area contributed by atoms with Gasteiger partial charge in [0.05, 0.1) is 5.56 Å². The molecule has 4 rings (SSSR count). The fourth-order valence-corrected chi connectivity index (χ4v) is 3.76. The second-order valence-electron chi connectivity index (χ2n) is 7.36. The Kier molecular flexibility index (Phi) is 5.29. The van der Waals surface area contributed by atoms with E-state index < -0.39 is 28.9 Å². The first-order chi connectivity index (χ1) is 13.9. The third-order valence-electron chi connectivity index (χ3n) is 5.37. The van der Waals surface area contributed by atoms with Gasteiger partial charge < -0.3 is 14.7 Å². The number of aryl methyl sites for hydroxylation is 1.